The number of ether oxygens (including phenoxy) is 2. The first-order chi connectivity index (χ1) is 27.0. The Balaban J connectivity index is 4.33. The number of rotatable bonds is 42. The molecule has 0 aromatic rings. The van der Waals surface area contributed by atoms with Gasteiger partial charge in [0.1, 0.15) is 19.8 Å². The van der Waals surface area contributed by atoms with E-state index in [1.54, 1.807) is 0 Å². The number of hydrogen-bond donors (Lipinski definition) is 0. The van der Waals surface area contributed by atoms with E-state index >= 15 is 0 Å². The molecule has 1 unspecified atom stereocenters. The van der Waals surface area contributed by atoms with Crippen LogP contribution in [-0.2, 0) is 32.7 Å². The van der Waals surface area contributed by atoms with E-state index < -0.39 is 26.5 Å². The molecule has 0 amide bonds. The van der Waals surface area contributed by atoms with Crippen LogP contribution in [0.25, 0.3) is 0 Å². The number of esters is 2. The van der Waals surface area contributed by atoms with E-state index in [1.807, 2.05) is 21.1 Å². The van der Waals surface area contributed by atoms with Crippen LogP contribution in [-0.4, -0.2) is 70.0 Å². The Kier molecular flexibility index (Phi) is 37.9. The molecule has 0 aromatic carbocycles. The summed E-state index contributed by atoms with van der Waals surface area (Å²) in [5.74, 6) is -0.835. The van der Waals surface area contributed by atoms with Crippen molar-refractivity contribution in [2.24, 2.45) is 0 Å². The summed E-state index contributed by atoms with van der Waals surface area (Å²) in [6, 6.07) is 0. The van der Waals surface area contributed by atoms with Crippen molar-refractivity contribution < 1.29 is 42.1 Å². The summed E-state index contributed by atoms with van der Waals surface area (Å²) >= 11 is 0. The summed E-state index contributed by atoms with van der Waals surface area (Å²) in [4.78, 5) is 37.6. The summed E-state index contributed by atoms with van der Waals surface area (Å²) < 4.78 is 33.9. The van der Waals surface area contributed by atoms with E-state index in [1.165, 1.54) is 122 Å². The van der Waals surface area contributed by atoms with Crippen molar-refractivity contribution in [3.8, 4) is 0 Å². The Morgan fingerprint density at radius 1 is 0.554 bits per heavy atom. The molecule has 0 aliphatic carbocycles. The minimum atomic E-state index is -4.62. The number of likely N-dealkylation sites (N-methyl/N-ethyl adjacent to an activating group) is 1. The molecule has 0 saturated carbocycles. The van der Waals surface area contributed by atoms with Crippen LogP contribution in [0, 0.1) is 0 Å². The molecule has 0 N–H and O–H groups in total. The van der Waals surface area contributed by atoms with Crippen LogP contribution in [0.5, 0.6) is 0 Å². The molecule has 0 radical (unpaired) electrons. The Bertz CT molecular complexity index is 1010. The third kappa shape index (κ3) is 42.1. The zero-order chi connectivity index (χ0) is 41.4. The summed E-state index contributed by atoms with van der Waals surface area (Å²) in [6.45, 7) is 4.21. The average Bonchev–Trinajstić information content (AvgIpc) is 3.15. The first-order valence-corrected chi connectivity index (χ1v) is 24.5. The molecule has 0 rings (SSSR count). The van der Waals surface area contributed by atoms with Gasteiger partial charge in [-0.15, -0.1) is 0 Å². The smallest absolute Gasteiger partial charge is 0.306 e. The van der Waals surface area contributed by atoms with Gasteiger partial charge < -0.3 is 27.9 Å². The normalized spacial score (nSPS) is 13.8. The van der Waals surface area contributed by atoms with Crippen LogP contribution < -0.4 is 4.89 Å². The van der Waals surface area contributed by atoms with Crippen molar-refractivity contribution in [2.45, 2.75) is 213 Å². The molecule has 0 spiro atoms. The standard InChI is InChI=1S/C46H88NO8P/c1-6-8-10-12-14-16-18-20-22-23-25-27-29-31-33-35-37-39-46(49)55-44(43-54-56(50,51)53-41-40-47(3,4)5)42-52-45(48)38-36-34-32-30-28-26-24-21-19-17-15-13-11-9-7-2/h14,16,20,22,44H,6-13,15,17-19,21,23-43H2,1-5H3/b16-14+,22-20+/t44-/m1/s1. The predicted molar refractivity (Wildman–Crippen MR) is 231 cm³/mol. The number of quaternary nitrogens is 1. The molecule has 0 aliphatic heterocycles. The lowest BCUT2D eigenvalue weighted by atomic mass is 10.0. The molecule has 0 saturated heterocycles. The van der Waals surface area contributed by atoms with Gasteiger partial charge in [0.05, 0.1) is 27.7 Å². The molecule has 2 atom stereocenters. The number of hydrogen-bond acceptors (Lipinski definition) is 8. The third-order valence-electron chi connectivity index (χ3n) is 9.97. The van der Waals surface area contributed by atoms with Crippen LogP contribution in [0.4, 0.5) is 0 Å². The van der Waals surface area contributed by atoms with Crippen LogP contribution >= 0.6 is 7.82 Å². The predicted octanol–water partition coefficient (Wildman–Crippen LogP) is 12.5. The lowest BCUT2D eigenvalue weighted by molar-refractivity contribution is -0.870. The van der Waals surface area contributed by atoms with Gasteiger partial charge in [-0.25, -0.2) is 0 Å². The van der Waals surface area contributed by atoms with E-state index in [0.717, 1.165) is 51.4 Å². The lowest BCUT2D eigenvalue weighted by Gasteiger charge is -2.28. The number of nitrogens with zero attached hydrogens (tertiary/aromatic N) is 1. The van der Waals surface area contributed by atoms with E-state index in [-0.39, 0.29) is 32.0 Å². The number of phosphoric ester groups is 1. The number of carbonyl (C=O) groups is 2. The molecule has 0 aliphatic rings. The molecular weight excluding hydrogens is 725 g/mol. The Morgan fingerprint density at radius 2 is 0.964 bits per heavy atom. The van der Waals surface area contributed by atoms with E-state index in [4.69, 9.17) is 18.5 Å². The Hall–Kier alpha value is -1.51. The van der Waals surface area contributed by atoms with Crippen molar-refractivity contribution in [1.82, 2.24) is 0 Å². The fourth-order valence-electron chi connectivity index (χ4n) is 6.33. The second kappa shape index (κ2) is 39.0. The van der Waals surface area contributed by atoms with Gasteiger partial charge in [0.25, 0.3) is 7.82 Å². The first kappa shape index (κ1) is 54.5. The summed E-state index contributed by atoms with van der Waals surface area (Å²) in [5, 5.41) is 0. The van der Waals surface area contributed by atoms with Gasteiger partial charge in [0.15, 0.2) is 6.10 Å². The minimum absolute atomic E-state index is 0.0306. The second-order valence-electron chi connectivity index (χ2n) is 16.8. The first-order valence-electron chi connectivity index (χ1n) is 23.0. The van der Waals surface area contributed by atoms with E-state index in [9.17, 15) is 19.0 Å². The molecule has 330 valence electrons. The Morgan fingerprint density at radius 3 is 1.45 bits per heavy atom. The number of allylic oxidation sites excluding steroid dienone is 4. The maximum atomic E-state index is 12.7. The topological polar surface area (TPSA) is 111 Å². The number of unbranched alkanes of at least 4 members (excludes halogenated alkanes) is 24. The van der Waals surface area contributed by atoms with E-state index in [0.29, 0.717) is 17.4 Å². The molecule has 0 bridgehead atoms. The average molecular weight is 814 g/mol. The summed E-state index contributed by atoms with van der Waals surface area (Å²) in [6.07, 6.45) is 41.9. The van der Waals surface area contributed by atoms with Crippen molar-refractivity contribution >= 4 is 19.8 Å². The van der Waals surface area contributed by atoms with Crippen LogP contribution in [0.3, 0.4) is 0 Å². The molecule has 0 heterocycles. The van der Waals surface area contributed by atoms with Crippen LogP contribution in [0.1, 0.15) is 206 Å². The minimum Gasteiger partial charge on any atom is -0.756 e. The fourth-order valence-corrected chi connectivity index (χ4v) is 7.06. The van der Waals surface area contributed by atoms with Gasteiger partial charge in [-0.05, 0) is 44.9 Å². The fraction of sp³-hybridized carbons (Fsp3) is 0.870. The highest BCUT2D eigenvalue weighted by molar-refractivity contribution is 7.45. The van der Waals surface area contributed by atoms with Gasteiger partial charge in [-0.2, -0.15) is 0 Å². The summed E-state index contributed by atoms with van der Waals surface area (Å²) in [7, 11) is 1.17. The quantitative estimate of drug-likeness (QED) is 0.0197. The molecule has 0 fully saturated rings. The highest BCUT2D eigenvalue weighted by Crippen LogP contribution is 2.38. The maximum absolute atomic E-state index is 12.7. The van der Waals surface area contributed by atoms with E-state index in [2.05, 4.69) is 38.2 Å². The highest BCUT2D eigenvalue weighted by atomic mass is 31.2. The number of phosphoric acid groups is 1. The lowest BCUT2D eigenvalue weighted by Crippen LogP contribution is -2.37. The molecule has 56 heavy (non-hydrogen) atoms. The highest BCUT2D eigenvalue weighted by Gasteiger charge is 2.21. The summed E-state index contributed by atoms with van der Waals surface area (Å²) in [5.41, 5.74) is 0. The van der Waals surface area contributed by atoms with Crippen LogP contribution in [0.15, 0.2) is 24.3 Å². The van der Waals surface area contributed by atoms with Crippen LogP contribution in [0.2, 0.25) is 0 Å². The zero-order valence-corrected chi connectivity index (χ0v) is 38.0. The van der Waals surface area contributed by atoms with Gasteiger partial charge in [-0.1, -0.05) is 173 Å². The van der Waals surface area contributed by atoms with Gasteiger partial charge in [-0.3, -0.25) is 14.2 Å². The van der Waals surface area contributed by atoms with Gasteiger partial charge in [0, 0.05) is 12.8 Å². The molecule has 10 heteroatoms. The van der Waals surface area contributed by atoms with Gasteiger partial charge in [0.2, 0.25) is 0 Å². The maximum Gasteiger partial charge on any atom is 0.306 e. The largest absolute Gasteiger partial charge is 0.756 e. The number of carbonyl (C=O) groups excluding carboxylic acids is 2. The molecule has 0 aromatic heterocycles. The van der Waals surface area contributed by atoms with Crippen molar-refractivity contribution in [3.05, 3.63) is 24.3 Å². The third-order valence-corrected chi connectivity index (χ3v) is 10.9. The monoisotopic (exact) mass is 814 g/mol. The Labute approximate surface area is 345 Å². The molecule has 9 nitrogen and oxygen atoms in total. The van der Waals surface area contributed by atoms with Crippen molar-refractivity contribution in [1.29, 1.82) is 0 Å². The SMILES string of the molecule is CCCCC/C=C/C/C=C/CCCCCCCCCC(=O)O[C@H](COC(=O)CCCCCCCCCCCCCCCCC)COP(=O)([O-])OCC[N+](C)(C)C. The zero-order valence-electron chi connectivity index (χ0n) is 37.1. The van der Waals surface area contributed by atoms with Crippen molar-refractivity contribution in [3.63, 3.8) is 0 Å². The van der Waals surface area contributed by atoms with Crippen molar-refractivity contribution in [2.75, 3.05) is 47.5 Å². The second-order valence-corrected chi connectivity index (χ2v) is 18.2. The molecular formula is C46H88NO8P. The van der Waals surface area contributed by atoms with Gasteiger partial charge >= 0.3 is 11.9 Å².